The molecule has 3 aliphatic rings. The van der Waals surface area contributed by atoms with Crippen molar-refractivity contribution in [3.05, 3.63) is 41.6 Å². The second kappa shape index (κ2) is 8.23. The van der Waals surface area contributed by atoms with Gasteiger partial charge >= 0.3 is 0 Å². The van der Waals surface area contributed by atoms with Crippen LogP contribution in [0.2, 0.25) is 0 Å². The zero-order valence-corrected chi connectivity index (χ0v) is 18.7. The van der Waals surface area contributed by atoms with Gasteiger partial charge in [0.05, 0.1) is 5.69 Å². The molecule has 1 amide bonds. The highest BCUT2D eigenvalue weighted by molar-refractivity contribution is 5.73. The first kappa shape index (κ1) is 20.4. The van der Waals surface area contributed by atoms with Gasteiger partial charge < -0.3 is 15.1 Å². The number of rotatable bonds is 3. The maximum atomic E-state index is 11.9. The molecule has 1 N–H and O–H groups in total. The number of hydrogen-bond acceptors (Lipinski definition) is 5. The Labute approximate surface area is 185 Å². The van der Waals surface area contributed by atoms with Gasteiger partial charge in [-0.3, -0.25) is 4.79 Å². The molecule has 1 aromatic heterocycles. The SMILES string of the molecule is CC(=O)N1CCC2(CCc3c(NC4CCCN(C)C4)nc(-c4ccccc4)nc32)CC1. The fraction of sp³-hybridized carbons (Fsp3) is 0.560. The highest BCUT2D eigenvalue weighted by Gasteiger charge is 2.44. The molecule has 0 radical (unpaired) electrons. The third-order valence-electron chi connectivity index (χ3n) is 7.53. The lowest BCUT2D eigenvalue weighted by Crippen LogP contribution is -2.44. The largest absolute Gasteiger partial charge is 0.366 e. The monoisotopic (exact) mass is 419 g/mol. The third kappa shape index (κ3) is 3.93. The molecule has 2 aromatic rings. The van der Waals surface area contributed by atoms with E-state index in [2.05, 4.69) is 41.5 Å². The van der Waals surface area contributed by atoms with Crippen molar-refractivity contribution in [2.24, 2.45) is 0 Å². The number of aromatic nitrogens is 2. The van der Waals surface area contributed by atoms with Crippen molar-refractivity contribution < 1.29 is 4.79 Å². The fourth-order valence-corrected chi connectivity index (χ4v) is 5.69. The maximum Gasteiger partial charge on any atom is 0.219 e. The molecule has 1 aromatic carbocycles. The molecule has 1 spiro atoms. The lowest BCUT2D eigenvalue weighted by atomic mass is 9.76. The molecule has 1 unspecified atom stereocenters. The van der Waals surface area contributed by atoms with Crippen molar-refractivity contribution in [1.82, 2.24) is 19.8 Å². The van der Waals surface area contributed by atoms with E-state index in [0.29, 0.717) is 6.04 Å². The van der Waals surface area contributed by atoms with E-state index in [0.717, 1.165) is 62.5 Å². The Morgan fingerprint density at radius 3 is 2.58 bits per heavy atom. The average Bonchev–Trinajstić information content (AvgIpc) is 3.13. The fourth-order valence-electron chi connectivity index (χ4n) is 5.69. The molecule has 1 aliphatic carbocycles. The molecule has 2 aliphatic heterocycles. The zero-order chi connectivity index (χ0) is 21.4. The van der Waals surface area contributed by atoms with Gasteiger partial charge in [-0.15, -0.1) is 0 Å². The van der Waals surface area contributed by atoms with Crippen LogP contribution in [0.5, 0.6) is 0 Å². The molecule has 31 heavy (non-hydrogen) atoms. The molecule has 1 atom stereocenters. The topological polar surface area (TPSA) is 61.4 Å². The number of carbonyl (C=O) groups excluding carboxylic acids is 1. The number of anilines is 1. The van der Waals surface area contributed by atoms with Gasteiger partial charge in [-0.2, -0.15) is 0 Å². The maximum absolute atomic E-state index is 11.9. The first-order chi connectivity index (χ1) is 15.0. The Kier molecular flexibility index (Phi) is 5.42. The van der Waals surface area contributed by atoms with Crippen LogP contribution in [0.25, 0.3) is 11.4 Å². The predicted octanol–water partition coefficient (Wildman–Crippen LogP) is 3.48. The minimum atomic E-state index is 0.0769. The molecular formula is C25H33N5O. The third-order valence-corrected chi connectivity index (χ3v) is 7.53. The van der Waals surface area contributed by atoms with E-state index in [1.165, 1.54) is 30.6 Å². The van der Waals surface area contributed by atoms with Crippen LogP contribution in [-0.4, -0.2) is 64.9 Å². The summed E-state index contributed by atoms with van der Waals surface area (Å²) in [7, 11) is 2.20. The smallest absolute Gasteiger partial charge is 0.219 e. The standard InChI is InChI=1S/C25H33N5O/c1-18(31)30-15-12-25(13-16-30)11-10-21-22(25)27-23(19-7-4-3-5-8-19)28-24(21)26-20-9-6-14-29(2)17-20/h3-5,7-8,20H,6,9-17H2,1-2H3,(H,26,27,28). The summed E-state index contributed by atoms with van der Waals surface area (Å²) in [6.45, 7) is 5.56. The van der Waals surface area contributed by atoms with E-state index in [-0.39, 0.29) is 11.3 Å². The average molecular weight is 420 g/mol. The van der Waals surface area contributed by atoms with Crippen LogP contribution in [0.1, 0.15) is 50.3 Å². The minimum Gasteiger partial charge on any atom is -0.366 e. The van der Waals surface area contributed by atoms with Crippen molar-refractivity contribution in [1.29, 1.82) is 0 Å². The first-order valence-electron chi connectivity index (χ1n) is 11.7. The van der Waals surface area contributed by atoms with Gasteiger partial charge in [0.15, 0.2) is 5.82 Å². The Morgan fingerprint density at radius 1 is 1.10 bits per heavy atom. The van der Waals surface area contributed by atoms with E-state index in [4.69, 9.17) is 9.97 Å². The zero-order valence-electron chi connectivity index (χ0n) is 18.7. The number of likely N-dealkylation sites (tertiary alicyclic amines) is 2. The van der Waals surface area contributed by atoms with Gasteiger partial charge in [-0.25, -0.2) is 9.97 Å². The summed E-state index contributed by atoms with van der Waals surface area (Å²) in [5, 5.41) is 3.81. The first-order valence-corrected chi connectivity index (χ1v) is 11.7. The van der Waals surface area contributed by atoms with Gasteiger partial charge in [-0.05, 0) is 52.1 Å². The molecule has 0 bridgehead atoms. The molecule has 6 heteroatoms. The Morgan fingerprint density at radius 2 is 1.87 bits per heavy atom. The summed E-state index contributed by atoms with van der Waals surface area (Å²) in [6, 6.07) is 10.8. The molecule has 2 saturated heterocycles. The molecular weight excluding hydrogens is 386 g/mol. The minimum absolute atomic E-state index is 0.0769. The number of amides is 1. The molecule has 6 nitrogen and oxygen atoms in total. The number of likely N-dealkylation sites (N-methyl/N-ethyl adjacent to an activating group) is 1. The molecule has 3 heterocycles. The molecule has 164 valence electrons. The highest BCUT2D eigenvalue weighted by atomic mass is 16.2. The predicted molar refractivity (Wildman–Crippen MR) is 123 cm³/mol. The van der Waals surface area contributed by atoms with Gasteiger partial charge in [0.1, 0.15) is 5.82 Å². The van der Waals surface area contributed by atoms with Gasteiger partial charge in [-0.1, -0.05) is 30.3 Å². The number of fused-ring (bicyclic) bond motifs is 2. The normalized spacial score (nSPS) is 23.0. The Hall–Kier alpha value is -2.47. The van der Waals surface area contributed by atoms with Gasteiger partial charge in [0.25, 0.3) is 0 Å². The van der Waals surface area contributed by atoms with Crippen molar-refractivity contribution >= 4 is 11.7 Å². The van der Waals surface area contributed by atoms with Crippen LogP contribution in [0.3, 0.4) is 0 Å². The Balaban J connectivity index is 1.52. The lowest BCUT2D eigenvalue weighted by Gasteiger charge is -2.39. The van der Waals surface area contributed by atoms with E-state index in [9.17, 15) is 4.79 Å². The van der Waals surface area contributed by atoms with Crippen LogP contribution < -0.4 is 5.32 Å². The van der Waals surface area contributed by atoms with E-state index in [1.807, 2.05) is 11.0 Å². The quantitative estimate of drug-likeness (QED) is 0.825. The highest BCUT2D eigenvalue weighted by Crippen LogP contribution is 2.47. The Bertz CT molecular complexity index is 952. The van der Waals surface area contributed by atoms with E-state index >= 15 is 0 Å². The second-order valence-corrected chi connectivity index (χ2v) is 9.62. The second-order valence-electron chi connectivity index (χ2n) is 9.62. The number of piperidine rings is 2. The molecule has 0 saturated carbocycles. The summed E-state index contributed by atoms with van der Waals surface area (Å²) in [6.07, 6.45) is 6.53. The van der Waals surface area contributed by atoms with Crippen molar-refractivity contribution in [3.8, 4) is 11.4 Å². The van der Waals surface area contributed by atoms with Crippen LogP contribution in [-0.2, 0) is 16.6 Å². The molecule has 2 fully saturated rings. The lowest BCUT2D eigenvalue weighted by molar-refractivity contribution is -0.130. The number of hydrogen-bond donors (Lipinski definition) is 1. The molecule has 5 rings (SSSR count). The van der Waals surface area contributed by atoms with Crippen molar-refractivity contribution in [2.45, 2.75) is 56.9 Å². The van der Waals surface area contributed by atoms with Gasteiger partial charge in [0.2, 0.25) is 5.91 Å². The van der Waals surface area contributed by atoms with Gasteiger partial charge in [0, 0.05) is 49.1 Å². The van der Waals surface area contributed by atoms with Crippen LogP contribution in [0.15, 0.2) is 30.3 Å². The number of carbonyl (C=O) groups is 1. The van der Waals surface area contributed by atoms with Crippen molar-refractivity contribution in [3.63, 3.8) is 0 Å². The van der Waals surface area contributed by atoms with Crippen LogP contribution >= 0.6 is 0 Å². The van der Waals surface area contributed by atoms with Crippen LogP contribution in [0.4, 0.5) is 5.82 Å². The summed E-state index contributed by atoms with van der Waals surface area (Å²) in [5.41, 5.74) is 3.69. The summed E-state index contributed by atoms with van der Waals surface area (Å²) < 4.78 is 0. The number of nitrogens with zero attached hydrogens (tertiary/aromatic N) is 4. The summed E-state index contributed by atoms with van der Waals surface area (Å²) in [4.78, 5) is 26.5. The van der Waals surface area contributed by atoms with E-state index in [1.54, 1.807) is 6.92 Å². The van der Waals surface area contributed by atoms with Crippen LogP contribution in [0, 0.1) is 0 Å². The number of nitrogens with one attached hydrogen (secondary N) is 1. The van der Waals surface area contributed by atoms with E-state index < -0.39 is 0 Å². The number of benzene rings is 1. The summed E-state index contributed by atoms with van der Waals surface area (Å²) in [5.74, 6) is 2.04. The van der Waals surface area contributed by atoms with Crippen molar-refractivity contribution in [2.75, 3.05) is 38.5 Å². The summed E-state index contributed by atoms with van der Waals surface area (Å²) >= 11 is 0.